The fourth-order valence-electron chi connectivity index (χ4n) is 1.92. The van der Waals surface area contributed by atoms with E-state index in [9.17, 15) is 18.0 Å². The quantitative estimate of drug-likeness (QED) is 0.194. The summed E-state index contributed by atoms with van der Waals surface area (Å²) in [5, 5.41) is 7.18. The van der Waals surface area contributed by atoms with Crippen molar-refractivity contribution in [1.82, 2.24) is 0 Å². The van der Waals surface area contributed by atoms with Gasteiger partial charge in [0, 0.05) is 18.4 Å². The van der Waals surface area contributed by atoms with Crippen LogP contribution in [0, 0.1) is 12.8 Å². The second-order valence-corrected chi connectivity index (χ2v) is 6.34. The third kappa shape index (κ3) is 10.1. The number of carboxylic acid groups (broad SMARTS) is 1. The van der Waals surface area contributed by atoms with Crippen LogP contribution in [-0.2, 0) is 24.4 Å². The number of rotatable bonds is 10. The zero-order chi connectivity index (χ0) is 16.6. The summed E-state index contributed by atoms with van der Waals surface area (Å²) in [5.41, 5.74) is 0. The molecule has 0 aliphatic rings. The summed E-state index contributed by atoms with van der Waals surface area (Å²) in [6, 6.07) is 0. The van der Waals surface area contributed by atoms with Crippen molar-refractivity contribution in [2.24, 2.45) is 5.92 Å². The molecule has 0 aromatic heterocycles. The van der Waals surface area contributed by atoms with E-state index in [1.165, 1.54) is 6.92 Å². The van der Waals surface area contributed by atoms with Crippen LogP contribution in [0.15, 0.2) is 12.7 Å². The first kappa shape index (κ1) is 24.5. The van der Waals surface area contributed by atoms with Crippen LogP contribution in [0.5, 0.6) is 0 Å². The van der Waals surface area contributed by atoms with Gasteiger partial charge < -0.3 is 9.84 Å². The minimum absolute atomic E-state index is 0. The first-order chi connectivity index (χ1) is 9.59. The van der Waals surface area contributed by atoms with Crippen molar-refractivity contribution in [1.29, 1.82) is 0 Å². The number of esters is 1. The zero-order valence-corrected chi connectivity index (χ0v) is 12.7. The van der Waals surface area contributed by atoms with Gasteiger partial charge in [-0.05, 0) is 26.7 Å². The molecule has 0 aromatic carbocycles. The van der Waals surface area contributed by atoms with Gasteiger partial charge in [-0.15, -0.1) is 0 Å². The van der Waals surface area contributed by atoms with E-state index in [2.05, 4.69) is 13.5 Å². The van der Waals surface area contributed by atoms with Crippen LogP contribution in [0.3, 0.4) is 0 Å². The summed E-state index contributed by atoms with van der Waals surface area (Å²) in [6.45, 7) is 8.14. The van der Waals surface area contributed by atoms with E-state index in [1.54, 1.807) is 0 Å². The Labute approximate surface area is 173 Å². The maximum atomic E-state index is 11.2. The van der Waals surface area contributed by atoms with Gasteiger partial charge in [-0.3, -0.25) is 9.35 Å². The normalized spacial score (nSPS) is 15.0. The van der Waals surface area contributed by atoms with Crippen LogP contribution < -0.4 is 0 Å². The molecule has 3 atom stereocenters. The standard InChI is InChI=1S/C13H21O7S.K.H/c1-4-13(16)20-9(2)11(10(3)21(17,18)19)7-5-6-8-12(14)15;;/h4,9-11H,1,3,5-8H2,2H3,(H,14,15)(H,17,18,19);;. The Bertz CT molecular complexity index is 475. The summed E-state index contributed by atoms with van der Waals surface area (Å²) in [4.78, 5) is 21.6. The van der Waals surface area contributed by atoms with Gasteiger partial charge in [-0.25, -0.2) is 4.79 Å². The number of carbonyl (C=O) groups excluding carboxylic acids is 1. The molecule has 0 aliphatic carbocycles. The van der Waals surface area contributed by atoms with Gasteiger partial charge in [-0.1, -0.05) is 13.0 Å². The zero-order valence-electron chi connectivity index (χ0n) is 11.9. The van der Waals surface area contributed by atoms with Crippen molar-refractivity contribution in [3.05, 3.63) is 19.6 Å². The number of aliphatic carboxylic acids is 1. The van der Waals surface area contributed by atoms with Gasteiger partial charge in [0.15, 0.2) is 0 Å². The predicted molar refractivity (Wildman–Crippen MR) is 83.2 cm³/mol. The number of ether oxygens (including phenoxy) is 1. The van der Waals surface area contributed by atoms with Gasteiger partial charge in [0.1, 0.15) is 6.10 Å². The molecule has 7 nitrogen and oxygen atoms in total. The fraction of sp³-hybridized carbons (Fsp3) is 0.615. The molecule has 0 spiro atoms. The number of hydrogen-bond donors (Lipinski definition) is 2. The van der Waals surface area contributed by atoms with Crippen LogP contribution in [0.1, 0.15) is 32.6 Å². The second kappa shape index (κ2) is 11.7. The molecule has 22 heavy (non-hydrogen) atoms. The van der Waals surface area contributed by atoms with E-state index in [0.717, 1.165) is 6.08 Å². The minimum atomic E-state index is -4.39. The Hall–Kier alpha value is 0.226. The van der Waals surface area contributed by atoms with Crippen LogP contribution in [0.25, 0.3) is 0 Å². The average molecular weight is 361 g/mol. The molecule has 0 saturated carbocycles. The van der Waals surface area contributed by atoms with E-state index in [1.807, 2.05) is 0 Å². The molecule has 2 N–H and O–H groups in total. The summed E-state index contributed by atoms with van der Waals surface area (Å²) < 4.78 is 36.5. The van der Waals surface area contributed by atoms with Crippen molar-refractivity contribution < 1.29 is 32.4 Å². The van der Waals surface area contributed by atoms with Crippen molar-refractivity contribution in [3.8, 4) is 0 Å². The number of unbranched alkanes of at least 4 members (excludes halogenated alkanes) is 1. The van der Waals surface area contributed by atoms with Gasteiger partial charge >= 0.3 is 63.3 Å². The van der Waals surface area contributed by atoms with E-state index < -0.39 is 39.3 Å². The topological polar surface area (TPSA) is 118 Å². The molecule has 123 valence electrons. The Morgan fingerprint density at radius 1 is 1.32 bits per heavy atom. The molecule has 0 aromatic rings. The Morgan fingerprint density at radius 2 is 1.86 bits per heavy atom. The molecular weight excluding hydrogens is 339 g/mol. The molecule has 9 heteroatoms. The molecule has 0 heterocycles. The fourth-order valence-corrected chi connectivity index (χ4v) is 2.72. The van der Waals surface area contributed by atoms with Gasteiger partial charge in [0.2, 0.25) is 0 Å². The molecular formula is C13H22KO7S. The molecule has 3 unspecified atom stereocenters. The van der Waals surface area contributed by atoms with Gasteiger partial charge in [-0.2, -0.15) is 8.42 Å². The Kier molecular flexibility index (Phi) is 13.0. The van der Waals surface area contributed by atoms with Crippen LogP contribution in [-0.4, -0.2) is 92.8 Å². The van der Waals surface area contributed by atoms with Crippen molar-refractivity contribution >= 4 is 73.4 Å². The predicted octanol–water partition coefficient (Wildman–Crippen LogP) is 0.807. The van der Waals surface area contributed by atoms with Crippen LogP contribution in [0.2, 0.25) is 0 Å². The van der Waals surface area contributed by atoms with Crippen molar-refractivity contribution in [2.45, 2.75) is 44.0 Å². The number of hydrogen-bond acceptors (Lipinski definition) is 5. The van der Waals surface area contributed by atoms with Gasteiger partial charge in [0.05, 0.1) is 5.25 Å². The monoisotopic (exact) mass is 361 g/mol. The molecule has 0 saturated heterocycles. The van der Waals surface area contributed by atoms with E-state index in [-0.39, 0.29) is 64.2 Å². The second-order valence-electron chi connectivity index (χ2n) is 4.70. The Balaban J connectivity index is 0. The molecule has 0 bridgehead atoms. The third-order valence-electron chi connectivity index (χ3n) is 3.11. The first-order valence-corrected chi connectivity index (χ1v) is 7.94. The van der Waals surface area contributed by atoms with Gasteiger partial charge in [0.25, 0.3) is 10.1 Å². The molecule has 0 aliphatic heterocycles. The van der Waals surface area contributed by atoms with E-state index >= 15 is 0 Å². The maximum absolute atomic E-state index is 11.2. The molecule has 1 radical (unpaired) electrons. The van der Waals surface area contributed by atoms with Crippen LogP contribution in [0.4, 0.5) is 0 Å². The summed E-state index contributed by atoms with van der Waals surface area (Å²) in [6.07, 6.45) is 1.13. The Morgan fingerprint density at radius 3 is 2.27 bits per heavy atom. The number of carbonyl (C=O) groups is 2. The molecule has 0 rings (SSSR count). The average Bonchev–Trinajstić information content (AvgIpc) is 2.36. The number of carboxylic acids is 1. The van der Waals surface area contributed by atoms with Crippen LogP contribution >= 0.6 is 0 Å². The summed E-state index contributed by atoms with van der Waals surface area (Å²) in [5.74, 6) is -2.39. The SMILES string of the molecule is [CH2]C(C(CCCCC(=O)O)C(C)OC(=O)C=C)S(=O)(=O)O.[KH]. The summed E-state index contributed by atoms with van der Waals surface area (Å²) >= 11 is 0. The van der Waals surface area contributed by atoms with E-state index in [4.69, 9.17) is 14.4 Å². The van der Waals surface area contributed by atoms with Crippen molar-refractivity contribution in [3.63, 3.8) is 0 Å². The third-order valence-corrected chi connectivity index (χ3v) is 4.22. The first-order valence-electron chi connectivity index (χ1n) is 6.43. The molecule has 0 amide bonds. The molecule has 0 fully saturated rings. The van der Waals surface area contributed by atoms with E-state index in [0.29, 0.717) is 12.8 Å². The summed E-state index contributed by atoms with van der Waals surface area (Å²) in [7, 11) is -4.39. The van der Waals surface area contributed by atoms with Crippen molar-refractivity contribution in [2.75, 3.05) is 0 Å².